The van der Waals surface area contributed by atoms with E-state index in [1.54, 1.807) is 30.6 Å². The van der Waals surface area contributed by atoms with Crippen molar-refractivity contribution in [3.05, 3.63) is 53.9 Å². The number of carboxylic acid groups (broad SMARTS) is 1. The van der Waals surface area contributed by atoms with Gasteiger partial charge in [-0.05, 0) is 24.1 Å². The van der Waals surface area contributed by atoms with Crippen LogP contribution in [-0.2, 0) is 6.42 Å². The molecule has 0 aliphatic carbocycles. The summed E-state index contributed by atoms with van der Waals surface area (Å²) < 4.78 is 0. The third-order valence-corrected chi connectivity index (χ3v) is 2.86. The first-order chi connectivity index (χ1) is 9.18. The van der Waals surface area contributed by atoms with Crippen LogP contribution in [0.1, 0.15) is 15.9 Å². The minimum Gasteiger partial charge on any atom is -0.478 e. The van der Waals surface area contributed by atoms with Gasteiger partial charge in [-0.15, -0.1) is 0 Å². The summed E-state index contributed by atoms with van der Waals surface area (Å²) in [6.45, 7) is 0.661. The molecule has 0 radical (unpaired) electrons. The van der Waals surface area contributed by atoms with E-state index in [-0.39, 0.29) is 0 Å². The highest BCUT2D eigenvalue weighted by molar-refractivity contribution is 5.89. The second kappa shape index (κ2) is 5.95. The molecule has 0 bridgehead atoms. The fourth-order valence-electron chi connectivity index (χ4n) is 1.82. The van der Waals surface area contributed by atoms with E-state index < -0.39 is 5.97 Å². The summed E-state index contributed by atoms with van der Waals surface area (Å²) in [4.78, 5) is 21.3. The van der Waals surface area contributed by atoms with Crippen LogP contribution >= 0.6 is 0 Å². The first-order valence-electron chi connectivity index (χ1n) is 5.98. The molecule has 2 aromatic rings. The molecule has 19 heavy (non-hydrogen) atoms. The van der Waals surface area contributed by atoms with Gasteiger partial charge in [0, 0.05) is 26.0 Å². The molecule has 0 spiro atoms. The Bertz CT molecular complexity index is 558. The van der Waals surface area contributed by atoms with Crippen molar-refractivity contribution in [2.45, 2.75) is 6.42 Å². The van der Waals surface area contributed by atoms with Gasteiger partial charge in [-0.25, -0.2) is 14.8 Å². The summed E-state index contributed by atoms with van der Waals surface area (Å²) in [5.41, 5.74) is 1.17. The standard InChI is InChI=1S/C14H15N3O2/c1-17(14-15-8-4-9-16-14)10-7-11-5-2-3-6-12(11)13(18)19/h2-6,8-9H,7,10H2,1H3,(H,18,19). The van der Waals surface area contributed by atoms with E-state index in [9.17, 15) is 4.79 Å². The lowest BCUT2D eigenvalue weighted by Crippen LogP contribution is -2.23. The lowest BCUT2D eigenvalue weighted by atomic mass is 10.0. The van der Waals surface area contributed by atoms with Crippen LogP contribution < -0.4 is 4.90 Å². The molecule has 0 atom stereocenters. The largest absolute Gasteiger partial charge is 0.478 e. The Hall–Kier alpha value is -2.43. The Labute approximate surface area is 111 Å². The van der Waals surface area contributed by atoms with Gasteiger partial charge in [-0.1, -0.05) is 18.2 Å². The van der Waals surface area contributed by atoms with E-state index in [1.807, 2.05) is 24.1 Å². The maximum atomic E-state index is 11.1. The summed E-state index contributed by atoms with van der Waals surface area (Å²) in [7, 11) is 1.89. The van der Waals surface area contributed by atoms with Crippen LogP contribution in [0.25, 0.3) is 0 Å². The molecule has 0 fully saturated rings. The van der Waals surface area contributed by atoms with E-state index in [0.717, 1.165) is 5.56 Å². The van der Waals surface area contributed by atoms with Crippen LogP contribution in [0.4, 0.5) is 5.95 Å². The van der Waals surface area contributed by atoms with Gasteiger partial charge in [0.25, 0.3) is 0 Å². The van der Waals surface area contributed by atoms with Crippen molar-refractivity contribution >= 4 is 11.9 Å². The predicted octanol–water partition coefficient (Wildman–Crippen LogP) is 1.85. The number of anilines is 1. The number of hydrogen-bond donors (Lipinski definition) is 1. The number of nitrogens with zero attached hydrogens (tertiary/aromatic N) is 3. The van der Waals surface area contributed by atoms with Crippen LogP contribution in [0, 0.1) is 0 Å². The zero-order valence-corrected chi connectivity index (χ0v) is 10.7. The molecule has 0 unspecified atom stereocenters. The van der Waals surface area contributed by atoms with Crippen molar-refractivity contribution in [1.29, 1.82) is 0 Å². The predicted molar refractivity (Wildman–Crippen MR) is 72.4 cm³/mol. The Balaban J connectivity index is 2.05. The Morgan fingerprint density at radius 2 is 1.89 bits per heavy atom. The minimum absolute atomic E-state index is 0.352. The normalized spacial score (nSPS) is 10.2. The van der Waals surface area contributed by atoms with Crippen molar-refractivity contribution in [2.75, 3.05) is 18.5 Å². The zero-order chi connectivity index (χ0) is 13.7. The molecule has 0 aliphatic heterocycles. The molecule has 2 rings (SSSR count). The van der Waals surface area contributed by atoms with Crippen LogP contribution in [0.15, 0.2) is 42.7 Å². The third-order valence-electron chi connectivity index (χ3n) is 2.86. The van der Waals surface area contributed by atoms with Crippen LogP contribution in [0.2, 0.25) is 0 Å². The number of likely N-dealkylation sites (N-methyl/N-ethyl adjacent to an activating group) is 1. The maximum absolute atomic E-state index is 11.1. The van der Waals surface area contributed by atoms with E-state index in [4.69, 9.17) is 5.11 Å². The molecule has 0 saturated heterocycles. The number of rotatable bonds is 5. The molecule has 5 heteroatoms. The molecule has 0 saturated carbocycles. The molecule has 98 valence electrons. The number of aromatic nitrogens is 2. The third kappa shape index (κ3) is 3.28. The molecule has 1 aromatic carbocycles. The first kappa shape index (κ1) is 13.0. The second-order valence-corrected chi connectivity index (χ2v) is 4.18. The van der Waals surface area contributed by atoms with Gasteiger partial charge in [0.2, 0.25) is 5.95 Å². The molecule has 0 aliphatic rings. The van der Waals surface area contributed by atoms with Crippen molar-refractivity contribution in [1.82, 2.24) is 9.97 Å². The maximum Gasteiger partial charge on any atom is 0.335 e. The average molecular weight is 257 g/mol. The lowest BCUT2D eigenvalue weighted by molar-refractivity contribution is 0.0695. The Morgan fingerprint density at radius 3 is 2.58 bits per heavy atom. The van der Waals surface area contributed by atoms with Crippen LogP contribution in [0.3, 0.4) is 0 Å². The molecular formula is C14H15N3O2. The summed E-state index contributed by atoms with van der Waals surface area (Å²) in [5.74, 6) is -0.260. The lowest BCUT2D eigenvalue weighted by Gasteiger charge is -2.17. The van der Waals surface area contributed by atoms with E-state index in [1.165, 1.54) is 0 Å². The SMILES string of the molecule is CN(CCc1ccccc1C(=O)O)c1ncccn1. The van der Waals surface area contributed by atoms with Gasteiger partial charge in [0.1, 0.15) is 0 Å². The summed E-state index contributed by atoms with van der Waals surface area (Å²) >= 11 is 0. The van der Waals surface area contributed by atoms with Crippen LogP contribution in [-0.4, -0.2) is 34.6 Å². The summed E-state index contributed by atoms with van der Waals surface area (Å²) in [6.07, 6.45) is 4.01. The Kier molecular flexibility index (Phi) is 4.07. The highest BCUT2D eigenvalue weighted by atomic mass is 16.4. The molecular weight excluding hydrogens is 242 g/mol. The van der Waals surface area contributed by atoms with Gasteiger partial charge in [-0.3, -0.25) is 0 Å². The molecule has 1 N–H and O–H groups in total. The smallest absolute Gasteiger partial charge is 0.335 e. The fraction of sp³-hybridized carbons (Fsp3) is 0.214. The second-order valence-electron chi connectivity index (χ2n) is 4.18. The van der Waals surface area contributed by atoms with Gasteiger partial charge in [0.15, 0.2) is 0 Å². The zero-order valence-electron chi connectivity index (χ0n) is 10.7. The number of benzene rings is 1. The minimum atomic E-state index is -0.894. The monoisotopic (exact) mass is 257 g/mol. The van der Waals surface area contributed by atoms with E-state index >= 15 is 0 Å². The number of carboxylic acids is 1. The number of hydrogen-bond acceptors (Lipinski definition) is 4. The van der Waals surface area contributed by atoms with Crippen molar-refractivity contribution in [3.63, 3.8) is 0 Å². The van der Waals surface area contributed by atoms with E-state index in [0.29, 0.717) is 24.5 Å². The van der Waals surface area contributed by atoms with Crippen LogP contribution in [0.5, 0.6) is 0 Å². The van der Waals surface area contributed by atoms with Crippen molar-refractivity contribution < 1.29 is 9.90 Å². The molecule has 1 heterocycles. The average Bonchev–Trinajstić information content (AvgIpc) is 2.46. The van der Waals surface area contributed by atoms with Crippen molar-refractivity contribution in [2.24, 2.45) is 0 Å². The van der Waals surface area contributed by atoms with Crippen molar-refractivity contribution in [3.8, 4) is 0 Å². The van der Waals surface area contributed by atoms with Gasteiger partial charge < -0.3 is 10.0 Å². The summed E-state index contributed by atoms with van der Waals surface area (Å²) in [6, 6.07) is 8.80. The summed E-state index contributed by atoms with van der Waals surface area (Å²) in [5, 5.41) is 9.11. The molecule has 0 amide bonds. The molecule has 5 nitrogen and oxygen atoms in total. The fourth-order valence-corrected chi connectivity index (χ4v) is 1.82. The highest BCUT2D eigenvalue weighted by Gasteiger charge is 2.10. The van der Waals surface area contributed by atoms with Gasteiger partial charge >= 0.3 is 5.97 Å². The number of carbonyl (C=O) groups is 1. The topological polar surface area (TPSA) is 66.3 Å². The first-order valence-corrected chi connectivity index (χ1v) is 5.98. The van der Waals surface area contributed by atoms with Gasteiger partial charge in [-0.2, -0.15) is 0 Å². The van der Waals surface area contributed by atoms with E-state index in [2.05, 4.69) is 9.97 Å². The quantitative estimate of drug-likeness (QED) is 0.885. The van der Waals surface area contributed by atoms with Gasteiger partial charge in [0.05, 0.1) is 5.56 Å². The molecule has 1 aromatic heterocycles. The Morgan fingerprint density at radius 1 is 1.21 bits per heavy atom. The number of aromatic carboxylic acids is 1. The highest BCUT2D eigenvalue weighted by Crippen LogP contribution is 2.11.